The van der Waals surface area contributed by atoms with Crippen LogP contribution in [0.4, 0.5) is 0 Å². The maximum Gasteiger partial charge on any atom is 0.243 e. The molecule has 0 fully saturated rings. The molecule has 1 aromatic heterocycles. The van der Waals surface area contributed by atoms with Crippen LogP contribution >= 0.6 is 0 Å². The lowest BCUT2D eigenvalue weighted by Crippen LogP contribution is -2.17. The first-order valence-electron chi connectivity index (χ1n) is 6.30. The number of hydrogen-bond acceptors (Lipinski definition) is 5. The van der Waals surface area contributed by atoms with Crippen LogP contribution < -0.4 is 5.73 Å². The number of rotatable bonds is 7. The molecule has 0 saturated heterocycles. The van der Waals surface area contributed by atoms with E-state index in [1.165, 1.54) is 0 Å². The van der Waals surface area contributed by atoms with E-state index in [9.17, 15) is 0 Å². The topological polar surface area (TPSA) is 74.2 Å². The van der Waals surface area contributed by atoms with E-state index in [4.69, 9.17) is 15.0 Å². The number of nitrogens with zero attached hydrogens (tertiary/aromatic N) is 2. The summed E-state index contributed by atoms with van der Waals surface area (Å²) in [5.74, 6) is 1.38. The average molecular weight is 241 g/mol. The predicted molar refractivity (Wildman–Crippen MR) is 65.3 cm³/mol. The first-order chi connectivity index (χ1) is 8.10. The summed E-state index contributed by atoms with van der Waals surface area (Å²) in [4.78, 5) is 4.34. The van der Waals surface area contributed by atoms with Gasteiger partial charge in [-0.1, -0.05) is 32.3 Å². The van der Waals surface area contributed by atoms with Crippen molar-refractivity contribution in [3.05, 3.63) is 11.7 Å². The van der Waals surface area contributed by atoms with Gasteiger partial charge in [-0.25, -0.2) is 0 Å². The molecular weight excluding hydrogens is 218 g/mol. The van der Waals surface area contributed by atoms with E-state index < -0.39 is 0 Å². The minimum atomic E-state index is -0.208. The smallest absolute Gasteiger partial charge is 0.243 e. The molecule has 17 heavy (non-hydrogen) atoms. The van der Waals surface area contributed by atoms with E-state index in [0.29, 0.717) is 18.3 Å². The van der Waals surface area contributed by atoms with Crippen LogP contribution in [0.15, 0.2) is 4.52 Å². The van der Waals surface area contributed by atoms with Crippen molar-refractivity contribution in [1.82, 2.24) is 10.1 Å². The van der Waals surface area contributed by atoms with Crippen LogP contribution in [0.1, 0.15) is 64.4 Å². The predicted octanol–water partition coefficient (Wildman–Crippen LogP) is 2.60. The molecule has 5 nitrogen and oxygen atoms in total. The summed E-state index contributed by atoms with van der Waals surface area (Å²) in [6, 6.07) is -0.208. The largest absolute Gasteiger partial charge is 0.370 e. The Bertz CT molecular complexity index is 319. The van der Waals surface area contributed by atoms with Crippen molar-refractivity contribution in [1.29, 1.82) is 0 Å². The van der Waals surface area contributed by atoms with Crippen molar-refractivity contribution in [2.24, 2.45) is 11.7 Å². The number of nitrogens with two attached hydrogens (primary N) is 1. The molecule has 98 valence electrons. The minimum absolute atomic E-state index is 0.0816. The molecule has 0 aliphatic rings. The van der Waals surface area contributed by atoms with Crippen LogP contribution in [-0.2, 0) is 4.74 Å². The van der Waals surface area contributed by atoms with Crippen LogP contribution in [-0.4, -0.2) is 16.7 Å². The molecule has 2 N–H and O–H groups in total. The zero-order valence-corrected chi connectivity index (χ0v) is 11.1. The van der Waals surface area contributed by atoms with E-state index >= 15 is 0 Å². The molecule has 5 heteroatoms. The van der Waals surface area contributed by atoms with Crippen molar-refractivity contribution in [2.75, 3.05) is 6.61 Å². The van der Waals surface area contributed by atoms with Crippen molar-refractivity contribution >= 4 is 0 Å². The lowest BCUT2D eigenvalue weighted by atomic mass is 10.1. The highest BCUT2D eigenvalue weighted by Gasteiger charge is 2.22. The summed E-state index contributed by atoms with van der Waals surface area (Å²) in [6.45, 7) is 8.77. The first kappa shape index (κ1) is 14.1. The summed E-state index contributed by atoms with van der Waals surface area (Å²) in [5.41, 5.74) is 5.96. The maximum atomic E-state index is 5.96. The molecule has 0 amide bonds. The van der Waals surface area contributed by atoms with Gasteiger partial charge in [0.1, 0.15) is 6.10 Å². The highest BCUT2D eigenvalue weighted by atomic mass is 16.5. The quantitative estimate of drug-likeness (QED) is 0.794. The van der Waals surface area contributed by atoms with Gasteiger partial charge in [0.2, 0.25) is 11.7 Å². The van der Waals surface area contributed by atoms with Gasteiger partial charge in [0.05, 0.1) is 6.04 Å². The fourth-order valence-corrected chi connectivity index (χ4v) is 1.55. The van der Waals surface area contributed by atoms with Gasteiger partial charge in [0, 0.05) is 6.61 Å². The highest BCUT2D eigenvalue weighted by molar-refractivity contribution is 4.96. The summed E-state index contributed by atoms with van der Waals surface area (Å²) in [7, 11) is 0. The fraction of sp³-hybridized carbons (Fsp3) is 0.833. The van der Waals surface area contributed by atoms with Gasteiger partial charge in [0.15, 0.2) is 0 Å². The monoisotopic (exact) mass is 241 g/mol. The third kappa shape index (κ3) is 3.78. The standard InChI is InChI=1S/C12H23N3O2/c1-5-7-9(16-6-2)11-14-12(17-15-11)10(13)8(3)4/h8-10H,5-7,13H2,1-4H3/t9?,10-/m0/s1. The Hall–Kier alpha value is -0.940. The Morgan fingerprint density at radius 3 is 2.59 bits per heavy atom. The Morgan fingerprint density at radius 2 is 2.06 bits per heavy atom. The normalized spacial score (nSPS) is 15.2. The molecule has 2 atom stereocenters. The minimum Gasteiger partial charge on any atom is -0.370 e. The lowest BCUT2D eigenvalue weighted by molar-refractivity contribution is 0.0477. The maximum absolute atomic E-state index is 5.96. The third-order valence-electron chi connectivity index (χ3n) is 2.67. The van der Waals surface area contributed by atoms with Gasteiger partial charge in [0.25, 0.3) is 0 Å². The molecule has 1 aromatic rings. The molecule has 0 saturated carbocycles. The van der Waals surface area contributed by atoms with E-state index in [1.807, 2.05) is 20.8 Å². The number of ether oxygens (including phenoxy) is 1. The molecule has 0 aliphatic carbocycles. The molecule has 1 rings (SSSR count). The van der Waals surface area contributed by atoms with E-state index in [0.717, 1.165) is 12.8 Å². The van der Waals surface area contributed by atoms with Crippen LogP contribution in [0.5, 0.6) is 0 Å². The Balaban J connectivity index is 2.76. The average Bonchev–Trinajstić information content (AvgIpc) is 2.76. The second-order valence-corrected chi connectivity index (χ2v) is 4.49. The summed E-state index contributed by atoms with van der Waals surface area (Å²) in [6.07, 6.45) is 1.83. The molecule has 0 radical (unpaired) electrons. The summed E-state index contributed by atoms with van der Waals surface area (Å²) >= 11 is 0. The molecular formula is C12H23N3O2. The molecule has 0 spiro atoms. The van der Waals surface area contributed by atoms with Crippen LogP contribution in [0.25, 0.3) is 0 Å². The van der Waals surface area contributed by atoms with Crippen molar-refractivity contribution in [3.8, 4) is 0 Å². The van der Waals surface area contributed by atoms with Crippen molar-refractivity contribution < 1.29 is 9.26 Å². The van der Waals surface area contributed by atoms with E-state index in [-0.39, 0.29) is 18.1 Å². The Labute approximate surface area is 103 Å². The van der Waals surface area contributed by atoms with E-state index in [2.05, 4.69) is 17.1 Å². The fourth-order valence-electron chi connectivity index (χ4n) is 1.55. The Kier molecular flexibility index (Phi) is 5.58. The van der Waals surface area contributed by atoms with Gasteiger partial charge in [-0.05, 0) is 19.3 Å². The van der Waals surface area contributed by atoms with Crippen LogP contribution in [0.3, 0.4) is 0 Å². The van der Waals surface area contributed by atoms with Gasteiger partial charge in [-0.3, -0.25) is 0 Å². The highest BCUT2D eigenvalue weighted by Crippen LogP contribution is 2.23. The van der Waals surface area contributed by atoms with Crippen molar-refractivity contribution in [3.63, 3.8) is 0 Å². The zero-order chi connectivity index (χ0) is 12.8. The second kappa shape index (κ2) is 6.71. The molecule has 1 heterocycles. The van der Waals surface area contributed by atoms with Gasteiger partial charge >= 0.3 is 0 Å². The lowest BCUT2D eigenvalue weighted by Gasteiger charge is -2.12. The third-order valence-corrected chi connectivity index (χ3v) is 2.67. The van der Waals surface area contributed by atoms with Gasteiger partial charge < -0.3 is 15.0 Å². The van der Waals surface area contributed by atoms with Crippen LogP contribution in [0, 0.1) is 5.92 Å². The first-order valence-corrected chi connectivity index (χ1v) is 6.30. The van der Waals surface area contributed by atoms with Gasteiger partial charge in [-0.15, -0.1) is 0 Å². The zero-order valence-electron chi connectivity index (χ0n) is 11.1. The summed E-state index contributed by atoms with van der Waals surface area (Å²) < 4.78 is 10.8. The van der Waals surface area contributed by atoms with E-state index in [1.54, 1.807) is 0 Å². The van der Waals surface area contributed by atoms with Gasteiger partial charge in [-0.2, -0.15) is 4.98 Å². The van der Waals surface area contributed by atoms with Crippen molar-refractivity contribution in [2.45, 2.75) is 52.7 Å². The SMILES string of the molecule is CCCC(OCC)c1noc([C@@H](N)C(C)C)n1. The molecule has 0 bridgehead atoms. The number of aromatic nitrogens is 2. The second-order valence-electron chi connectivity index (χ2n) is 4.49. The van der Waals surface area contributed by atoms with Crippen LogP contribution in [0.2, 0.25) is 0 Å². The Morgan fingerprint density at radius 1 is 1.35 bits per heavy atom. The molecule has 0 aromatic carbocycles. The molecule has 0 aliphatic heterocycles. The number of hydrogen-bond donors (Lipinski definition) is 1. The molecule has 1 unspecified atom stereocenters. The summed E-state index contributed by atoms with van der Waals surface area (Å²) in [5, 5.41) is 3.97.